The lowest BCUT2D eigenvalue weighted by molar-refractivity contribution is -0.912. The number of hydrogen-bond acceptors (Lipinski definition) is 5. The maximum atomic E-state index is 13.4. The quantitative estimate of drug-likeness (QED) is 0.138. The second kappa shape index (κ2) is 13.6. The molecular formula is C33H36Cl2N3O4+. The summed E-state index contributed by atoms with van der Waals surface area (Å²) in [6.07, 6.45) is 3.00. The van der Waals surface area contributed by atoms with Crippen LogP contribution in [-0.4, -0.2) is 55.7 Å². The number of rotatable bonds is 12. The zero-order valence-electron chi connectivity index (χ0n) is 24.3. The molecule has 0 fully saturated rings. The number of hydrogen-bond donors (Lipinski definition) is 1. The highest BCUT2D eigenvalue weighted by molar-refractivity contribution is 6.42. The van der Waals surface area contributed by atoms with Crippen molar-refractivity contribution in [3.8, 4) is 17.0 Å². The Labute approximate surface area is 256 Å². The zero-order chi connectivity index (χ0) is 30.4. The zero-order valence-corrected chi connectivity index (χ0v) is 25.8. The second-order valence-electron chi connectivity index (χ2n) is 10.8. The molecule has 0 bridgehead atoms. The lowest BCUT2D eigenvalue weighted by atomic mass is 9.91. The summed E-state index contributed by atoms with van der Waals surface area (Å²) in [4.78, 5) is 30.3. The number of likely N-dealkylation sites (N-methyl/N-ethyl adjacent to an activating group) is 1. The van der Waals surface area contributed by atoms with Crippen molar-refractivity contribution >= 4 is 45.9 Å². The topological polar surface area (TPSA) is 91.5 Å². The van der Waals surface area contributed by atoms with Crippen molar-refractivity contribution in [3.05, 3.63) is 93.6 Å². The number of methoxy groups -OCH3 is 1. The number of halogens is 2. The van der Waals surface area contributed by atoms with Gasteiger partial charge in [-0.3, -0.25) is 4.79 Å². The van der Waals surface area contributed by atoms with Crippen LogP contribution in [-0.2, 0) is 16.0 Å². The molecule has 9 heteroatoms. The first-order valence-corrected chi connectivity index (χ1v) is 14.6. The summed E-state index contributed by atoms with van der Waals surface area (Å²) in [6, 6.07) is 19.6. The Morgan fingerprint density at radius 1 is 1.00 bits per heavy atom. The summed E-state index contributed by atoms with van der Waals surface area (Å²) >= 11 is 12.5. The number of esters is 1. The number of nitrogens with two attached hydrogens (primary N) is 1. The van der Waals surface area contributed by atoms with E-state index in [1.807, 2.05) is 32.3 Å². The van der Waals surface area contributed by atoms with E-state index in [0.29, 0.717) is 51.3 Å². The monoisotopic (exact) mass is 608 g/mol. The first-order valence-electron chi connectivity index (χ1n) is 13.9. The lowest BCUT2D eigenvalue weighted by Crippen LogP contribution is -2.49. The number of amides is 1. The molecule has 0 aliphatic heterocycles. The van der Waals surface area contributed by atoms with Gasteiger partial charge in [0.05, 0.1) is 31.3 Å². The fourth-order valence-corrected chi connectivity index (χ4v) is 5.38. The van der Waals surface area contributed by atoms with Gasteiger partial charge in [-0.25, -0.2) is 9.78 Å². The molecule has 1 aromatic heterocycles. The summed E-state index contributed by atoms with van der Waals surface area (Å²) in [5.41, 5.74) is 8.87. The molecule has 1 heterocycles. The molecule has 7 nitrogen and oxygen atoms in total. The number of fused-ring (bicyclic) bond motifs is 1. The Morgan fingerprint density at radius 2 is 1.76 bits per heavy atom. The fraction of sp³-hybridized carbons (Fsp3) is 0.303. The van der Waals surface area contributed by atoms with Crippen LogP contribution in [0.25, 0.3) is 21.9 Å². The number of quaternary nitrogens is 1. The van der Waals surface area contributed by atoms with Gasteiger partial charge in [-0.1, -0.05) is 66.9 Å². The standard InChI is InChI=1S/C33H35Cl2N3O4/c1-5-6-10-24-18-21-9-7-8-11-25(21)32(37-24)42-17-16-38(2,3)30(33(40)41-4)26-14-12-23(31(36)39)19-27(26)22-13-15-28(34)29(35)20-22/h7-9,11-15,18-20,30H,5-6,10,16-17H2,1-4H3,(H-,36,39)/p+1/t30-/m1/s1. The highest BCUT2D eigenvalue weighted by atomic mass is 35.5. The minimum Gasteiger partial charge on any atom is -0.471 e. The highest BCUT2D eigenvalue weighted by Gasteiger charge is 2.39. The van der Waals surface area contributed by atoms with Gasteiger partial charge in [-0.2, -0.15) is 0 Å². The van der Waals surface area contributed by atoms with Gasteiger partial charge in [0.1, 0.15) is 13.2 Å². The average molecular weight is 610 g/mol. The summed E-state index contributed by atoms with van der Waals surface area (Å²) in [5, 5.41) is 2.76. The number of pyridine rings is 1. The Morgan fingerprint density at radius 3 is 2.45 bits per heavy atom. The third-order valence-electron chi connectivity index (χ3n) is 7.44. The van der Waals surface area contributed by atoms with E-state index >= 15 is 0 Å². The van der Waals surface area contributed by atoms with Crippen LogP contribution in [0.1, 0.15) is 47.4 Å². The van der Waals surface area contributed by atoms with Crippen LogP contribution in [0.5, 0.6) is 5.88 Å². The molecule has 0 spiro atoms. The summed E-state index contributed by atoms with van der Waals surface area (Å²) in [6.45, 7) is 2.91. The van der Waals surface area contributed by atoms with Crippen molar-refractivity contribution in [2.45, 2.75) is 32.2 Å². The highest BCUT2D eigenvalue weighted by Crippen LogP contribution is 2.37. The van der Waals surface area contributed by atoms with E-state index in [1.165, 1.54) is 7.11 Å². The van der Waals surface area contributed by atoms with E-state index in [-0.39, 0.29) is 4.48 Å². The van der Waals surface area contributed by atoms with Crippen molar-refractivity contribution in [3.63, 3.8) is 0 Å². The van der Waals surface area contributed by atoms with Crippen molar-refractivity contribution in [1.29, 1.82) is 0 Å². The Kier molecular flexibility index (Phi) is 10.1. The largest absolute Gasteiger partial charge is 0.471 e. The number of aromatic nitrogens is 1. The van der Waals surface area contributed by atoms with Crippen LogP contribution in [0, 0.1) is 0 Å². The van der Waals surface area contributed by atoms with Crippen LogP contribution in [0.4, 0.5) is 0 Å². The molecule has 4 aromatic rings. The van der Waals surface area contributed by atoms with Crippen molar-refractivity contribution in [2.24, 2.45) is 5.73 Å². The van der Waals surface area contributed by atoms with E-state index in [9.17, 15) is 9.59 Å². The predicted octanol–water partition coefficient (Wildman–Crippen LogP) is 7.02. The Hall–Kier alpha value is -3.65. The molecule has 1 amide bonds. The van der Waals surface area contributed by atoms with Crippen molar-refractivity contribution in [2.75, 3.05) is 34.4 Å². The molecule has 0 saturated heterocycles. The van der Waals surface area contributed by atoms with Crippen molar-refractivity contribution in [1.82, 2.24) is 4.98 Å². The van der Waals surface area contributed by atoms with E-state index in [1.54, 1.807) is 36.4 Å². The first kappa shape index (κ1) is 31.3. The normalized spacial score (nSPS) is 12.2. The van der Waals surface area contributed by atoms with E-state index in [4.69, 9.17) is 43.4 Å². The number of carbonyl (C=O) groups excluding carboxylic acids is 2. The van der Waals surface area contributed by atoms with E-state index in [0.717, 1.165) is 35.7 Å². The minimum atomic E-state index is -0.759. The van der Waals surface area contributed by atoms with Gasteiger partial charge in [0.2, 0.25) is 17.8 Å². The molecule has 0 aliphatic rings. The van der Waals surface area contributed by atoms with Gasteiger partial charge in [-0.05, 0) is 65.8 Å². The lowest BCUT2D eigenvalue weighted by Gasteiger charge is -2.37. The molecule has 1 atom stereocenters. The van der Waals surface area contributed by atoms with Crippen LogP contribution in [0.15, 0.2) is 66.7 Å². The number of benzene rings is 3. The van der Waals surface area contributed by atoms with Crippen LogP contribution in [0.3, 0.4) is 0 Å². The molecule has 220 valence electrons. The smallest absolute Gasteiger partial charge is 0.369 e. The third kappa shape index (κ3) is 7.04. The molecule has 0 radical (unpaired) electrons. The molecule has 2 N–H and O–H groups in total. The number of unbranched alkanes of at least 4 members (excludes halogenated alkanes) is 1. The second-order valence-corrected chi connectivity index (χ2v) is 11.6. The predicted molar refractivity (Wildman–Crippen MR) is 168 cm³/mol. The molecule has 0 aliphatic carbocycles. The van der Waals surface area contributed by atoms with Crippen LogP contribution < -0.4 is 10.5 Å². The average Bonchev–Trinajstić information content (AvgIpc) is 2.97. The molecule has 42 heavy (non-hydrogen) atoms. The Balaban J connectivity index is 1.69. The number of nitrogens with zero attached hydrogens (tertiary/aromatic N) is 2. The van der Waals surface area contributed by atoms with Gasteiger partial charge in [0.25, 0.3) is 0 Å². The van der Waals surface area contributed by atoms with Gasteiger partial charge >= 0.3 is 5.97 Å². The maximum absolute atomic E-state index is 13.4. The SMILES string of the molecule is CCCCc1cc2ccccc2c(OCC[N+](C)(C)[C@@H](C(=O)OC)c2ccc(C(N)=O)cc2-c2ccc(Cl)c(Cl)c2)n1. The third-order valence-corrected chi connectivity index (χ3v) is 8.18. The summed E-state index contributed by atoms with van der Waals surface area (Å²) in [7, 11) is 5.24. The van der Waals surface area contributed by atoms with Crippen LogP contribution in [0.2, 0.25) is 10.0 Å². The van der Waals surface area contributed by atoms with E-state index in [2.05, 4.69) is 19.1 Å². The van der Waals surface area contributed by atoms with Crippen molar-refractivity contribution < 1.29 is 23.5 Å². The molecule has 4 rings (SSSR count). The number of primary amides is 1. The number of aryl methyl sites for hydroxylation is 1. The first-order chi connectivity index (χ1) is 20.1. The summed E-state index contributed by atoms with van der Waals surface area (Å²) < 4.78 is 11.8. The van der Waals surface area contributed by atoms with E-state index < -0.39 is 17.9 Å². The number of carbonyl (C=O) groups is 2. The van der Waals surface area contributed by atoms with Gasteiger partial charge in [0, 0.05) is 22.2 Å². The molecule has 3 aromatic carbocycles. The van der Waals surface area contributed by atoms with Gasteiger partial charge < -0.3 is 19.7 Å². The Bertz CT molecular complexity index is 1610. The summed E-state index contributed by atoms with van der Waals surface area (Å²) in [5.74, 6) is -0.435. The van der Waals surface area contributed by atoms with Crippen LogP contribution >= 0.6 is 23.2 Å². The minimum absolute atomic E-state index is 0.199. The van der Waals surface area contributed by atoms with Gasteiger partial charge in [0.15, 0.2) is 0 Å². The molecule has 0 unspecified atom stereocenters. The van der Waals surface area contributed by atoms with Gasteiger partial charge in [-0.15, -0.1) is 0 Å². The molecule has 0 saturated carbocycles. The number of ether oxygens (including phenoxy) is 2. The maximum Gasteiger partial charge on any atom is 0.369 e. The fourth-order valence-electron chi connectivity index (χ4n) is 5.08. The molecular weight excluding hydrogens is 573 g/mol.